The van der Waals surface area contributed by atoms with Gasteiger partial charge in [-0.05, 0) is 18.2 Å². The first-order chi connectivity index (χ1) is 5.89. The van der Waals surface area contributed by atoms with Gasteiger partial charge in [0.05, 0.1) is 0 Å². The molecule has 1 heterocycles. The third-order valence-electron chi connectivity index (χ3n) is 1.16. The molecule has 0 aliphatic rings. The number of aromatic amines is 1. The first-order valence-corrected chi connectivity index (χ1v) is 4.02. The zero-order valence-electron chi connectivity index (χ0n) is 6.51. The topological polar surface area (TPSA) is 28.7 Å². The van der Waals surface area contributed by atoms with Gasteiger partial charge in [-0.1, -0.05) is 18.2 Å². The predicted octanol–water partition coefficient (Wildman–Crippen LogP) is 2.38. The van der Waals surface area contributed by atoms with E-state index in [-0.39, 0.29) is 0 Å². The van der Waals surface area contributed by atoms with Gasteiger partial charge in [-0.25, -0.2) is 0 Å². The maximum Gasteiger partial charge on any atom is 0.0487 e. The summed E-state index contributed by atoms with van der Waals surface area (Å²) in [5, 5.41) is 6.21. The van der Waals surface area contributed by atoms with Gasteiger partial charge in [0.15, 0.2) is 0 Å². The van der Waals surface area contributed by atoms with Crippen LogP contribution < -0.4 is 0 Å². The molecular formula is C9H10N2S. The fourth-order valence-corrected chi connectivity index (χ4v) is 0.815. The van der Waals surface area contributed by atoms with Gasteiger partial charge in [-0.2, -0.15) is 5.10 Å². The maximum absolute atomic E-state index is 4.08. The Hall–Kier alpha value is -1.22. The monoisotopic (exact) mass is 178 g/mol. The third kappa shape index (κ3) is 3.83. The highest BCUT2D eigenvalue weighted by Gasteiger charge is 1.73. The van der Waals surface area contributed by atoms with E-state index in [1.165, 1.54) is 0 Å². The van der Waals surface area contributed by atoms with E-state index >= 15 is 0 Å². The Labute approximate surface area is 77.0 Å². The van der Waals surface area contributed by atoms with Gasteiger partial charge in [0.1, 0.15) is 0 Å². The van der Waals surface area contributed by atoms with E-state index in [0.29, 0.717) is 0 Å². The second-order valence-corrected chi connectivity index (χ2v) is 2.62. The molecule has 0 bridgehead atoms. The second kappa shape index (κ2) is 5.43. The molecule has 0 saturated carbocycles. The summed E-state index contributed by atoms with van der Waals surface area (Å²) in [7, 11) is 0. The highest BCUT2D eigenvalue weighted by Crippen LogP contribution is 2.00. The van der Waals surface area contributed by atoms with E-state index < -0.39 is 0 Å². The Morgan fingerprint density at radius 3 is 2.08 bits per heavy atom. The summed E-state index contributed by atoms with van der Waals surface area (Å²) in [6, 6.07) is 11.6. The molecule has 0 aliphatic carbocycles. The van der Waals surface area contributed by atoms with Crippen LogP contribution >= 0.6 is 12.6 Å². The molecule has 12 heavy (non-hydrogen) atoms. The number of hydrogen-bond acceptors (Lipinski definition) is 2. The lowest BCUT2D eigenvalue weighted by atomic mass is 10.4. The summed E-state index contributed by atoms with van der Waals surface area (Å²) in [5.41, 5.74) is 0. The summed E-state index contributed by atoms with van der Waals surface area (Å²) in [5.74, 6) is 0. The fraction of sp³-hybridized carbons (Fsp3) is 0. The number of rotatable bonds is 0. The smallest absolute Gasteiger partial charge is 0.0487 e. The Bertz CT molecular complexity index is 261. The van der Waals surface area contributed by atoms with Crippen molar-refractivity contribution in [1.29, 1.82) is 0 Å². The van der Waals surface area contributed by atoms with E-state index in [2.05, 4.69) is 22.8 Å². The van der Waals surface area contributed by atoms with Crippen molar-refractivity contribution in [3.8, 4) is 0 Å². The average Bonchev–Trinajstić information content (AvgIpc) is 2.62. The van der Waals surface area contributed by atoms with Gasteiger partial charge in [-0.3, -0.25) is 5.10 Å². The summed E-state index contributed by atoms with van der Waals surface area (Å²) in [4.78, 5) is 1.02. The molecule has 0 aliphatic heterocycles. The van der Waals surface area contributed by atoms with Crippen LogP contribution in [-0.2, 0) is 0 Å². The molecule has 0 radical (unpaired) electrons. The lowest BCUT2D eigenvalue weighted by Gasteiger charge is -1.81. The average molecular weight is 178 g/mol. The van der Waals surface area contributed by atoms with Crippen molar-refractivity contribution in [3.05, 3.63) is 48.8 Å². The SMILES string of the molecule is Sc1ccccc1.c1cn[nH]c1. The molecule has 0 saturated heterocycles. The van der Waals surface area contributed by atoms with Gasteiger partial charge in [-0.15, -0.1) is 12.6 Å². The van der Waals surface area contributed by atoms with Gasteiger partial charge >= 0.3 is 0 Å². The molecule has 2 aromatic rings. The second-order valence-electron chi connectivity index (χ2n) is 2.10. The van der Waals surface area contributed by atoms with E-state index in [1.54, 1.807) is 12.4 Å². The molecule has 0 spiro atoms. The Balaban J connectivity index is 0.000000127. The minimum absolute atomic E-state index is 1.02. The van der Waals surface area contributed by atoms with Crippen LogP contribution in [0.1, 0.15) is 0 Å². The zero-order valence-corrected chi connectivity index (χ0v) is 7.41. The van der Waals surface area contributed by atoms with Gasteiger partial charge in [0.2, 0.25) is 0 Å². The number of aromatic nitrogens is 2. The molecule has 2 nitrogen and oxygen atoms in total. The fourth-order valence-electron chi connectivity index (χ4n) is 0.643. The zero-order chi connectivity index (χ0) is 8.65. The number of hydrogen-bond donors (Lipinski definition) is 2. The van der Waals surface area contributed by atoms with E-state index in [9.17, 15) is 0 Å². The minimum Gasteiger partial charge on any atom is -0.286 e. The van der Waals surface area contributed by atoms with Crippen LogP contribution in [0, 0.1) is 0 Å². The van der Waals surface area contributed by atoms with Crippen LogP contribution in [0.2, 0.25) is 0 Å². The first-order valence-electron chi connectivity index (χ1n) is 3.57. The van der Waals surface area contributed by atoms with Crippen LogP contribution in [0.5, 0.6) is 0 Å². The van der Waals surface area contributed by atoms with Crippen molar-refractivity contribution < 1.29 is 0 Å². The van der Waals surface area contributed by atoms with Gasteiger partial charge in [0.25, 0.3) is 0 Å². The van der Waals surface area contributed by atoms with Gasteiger partial charge < -0.3 is 0 Å². The minimum atomic E-state index is 1.02. The molecule has 0 fully saturated rings. The molecule has 62 valence electrons. The van der Waals surface area contributed by atoms with E-state index in [0.717, 1.165) is 4.90 Å². The standard InChI is InChI=1S/C6H6S.C3H4N2/c7-6-4-2-1-3-5-6;1-2-4-5-3-1/h1-5,7H;1-3H,(H,4,5). The summed E-state index contributed by atoms with van der Waals surface area (Å²) < 4.78 is 0. The van der Waals surface area contributed by atoms with Crippen LogP contribution in [0.3, 0.4) is 0 Å². The molecule has 0 unspecified atom stereocenters. The summed E-state index contributed by atoms with van der Waals surface area (Å²) in [6.07, 6.45) is 3.46. The number of H-pyrrole nitrogens is 1. The first kappa shape index (κ1) is 8.87. The maximum atomic E-state index is 4.08. The van der Waals surface area contributed by atoms with Crippen molar-refractivity contribution in [2.75, 3.05) is 0 Å². The van der Waals surface area contributed by atoms with Crippen molar-refractivity contribution in [1.82, 2.24) is 10.2 Å². The van der Waals surface area contributed by atoms with Crippen molar-refractivity contribution in [2.45, 2.75) is 4.90 Å². The molecule has 1 aromatic carbocycles. The predicted molar refractivity (Wildman–Crippen MR) is 52.3 cm³/mol. The molecule has 3 heteroatoms. The Morgan fingerprint density at radius 1 is 1.08 bits per heavy atom. The quantitative estimate of drug-likeness (QED) is 0.596. The van der Waals surface area contributed by atoms with E-state index in [1.807, 2.05) is 36.4 Å². The van der Waals surface area contributed by atoms with E-state index in [4.69, 9.17) is 0 Å². The molecule has 0 amide bonds. The number of nitrogens with one attached hydrogen (secondary N) is 1. The number of nitrogens with zero attached hydrogens (tertiary/aromatic N) is 1. The molecular weight excluding hydrogens is 168 g/mol. The molecule has 1 N–H and O–H groups in total. The summed E-state index contributed by atoms with van der Waals surface area (Å²) in [6.45, 7) is 0. The lowest BCUT2D eigenvalue weighted by molar-refractivity contribution is 1.09. The van der Waals surface area contributed by atoms with Gasteiger partial charge in [0, 0.05) is 17.3 Å². The summed E-state index contributed by atoms with van der Waals surface area (Å²) >= 11 is 4.08. The van der Waals surface area contributed by atoms with Crippen molar-refractivity contribution in [3.63, 3.8) is 0 Å². The number of benzene rings is 1. The highest BCUT2D eigenvalue weighted by molar-refractivity contribution is 7.80. The Kier molecular flexibility index (Phi) is 4.02. The number of thiol groups is 1. The van der Waals surface area contributed by atoms with Crippen molar-refractivity contribution in [2.24, 2.45) is 0 Å². The largest absolute Gasteiger partial charge is 0.286 e. The third-order valence-corrected chi connectivity index (χ3v) is 1.46. The molecule has 0 atom stereocenters. The Morgan fingerprint density at radius 2 is 1.83 bits per heavy atom. The lowest BCUT2D eigenvalue weighted by Crippen LogP contribution is -1.56. The highest BCUT2D eigenvalue weighted by atomic mass is 32.1. The van der Waals surface area contributed by atoms with Crippen LogP contribution in [0.4, 0.5) is 0 Å². The van der Waals surface area contributed by atoms with Crippen molar-refractivity contribution >= 4 is 12.6 Å². The molecule has 2 rings (SSSR count). The molecule has 1 aromatic heterocycles. The van der Waals surface area contributed by atoms with Crippen LogP contribution in [-0.4, -0.2) is 10.2 Å². The normalized spacial score (nSPS) is 8.42. The van der Waals surface area contributed by atoms with Crippen LogP contribution in [0.25, 0.3) is 0 Å². The van der Waals surface area contributed by atoms with Crippen LogP contribution in [0.15, 0.2) is 53.7 Å².